The summed E-state index contributed by atoms with van der Waals surface area (Å²) in [6, 6.07) is 1.79. The summed E-state index contributed by atoms with van der Waals surface area (Å²) in [5, 5.41) is 8.49. The van der Waals surface area contributed by atoms with Crippen LogP contribution in [0.1, 0.15) is 11.1 Å². The SMILES string of the molecule is O=C(O)/C=C/c1cc(C(F)(F)F)cc2[nH]cnc12. The summed E-state index contributed by atoms with van der Waals surface area (Å²) in [5.74, 6) is -1.24. The van der Waals surface area contributed by atoms with Crippen LogP contribution < -0.4 is 0 Å². The van der Waals surface area contributed by atoms with Crippen molar-refractivity contribution >= 4 is 23.1 Å². The molecule has 0 fully saturated rings. The average molecular weight is 256 g/mol. The Bertz CT molecular complexity index is 629. The van der Waals surface area contributed by atoms with Crippen LogP contribution in [0.3, 0.4) is 0 Å². The standard InChI is InChI=1S/C11H7F3N2O2/c12-11(13,14)7-3-6(1-2-9(17)18)10-8(4-7)15-5-16-10/h1-5H,(H,15,16)(H,17,18)/b2-1+. The number of H-pyrrole nitrogens is 1. The fourth-order valence-corrected chi connectivity index (χ4v) is 1.53. The highest BCUT2D eigenvalue weighted by Gasteiger charge is 2.31. The molecule has 0 saturated heterocycles. The second-order valence-electron chi connectivity index (χ2n) is 3.53. The number of benzene rings is 1. The molecular weight excluding hydrogens is 249 g/mol. The van der Waals surface area contributed by atoms with Gasteiger partial charge in [0.05, 0.1) is 22.9 Å². The number of nitrogens with one attached hydrogen (secondary N) is 1. The van der Waals surface area contributed by atoms with Gasteiger partial charge in [-0.25, -0.2) is 9.78 Å². The molecule has 0 atom stereocenters. The van der Waals surface area contributed by atoms with Gasteiger partial charge in [-0.05, 0) is 18.2 Å². The first-order valence-electron chi connectivity index (χ1n) is 4.83. The van der Waals surface area contributed by atoms with Crippen molar-refractivity contribution in [3.8, 4) is 0 Å². The molecule has 2 N–H and O–H groups in total. The van der Waals surface area contributed by atoms with E-state index in [1.54, 1.807) is 0 Å². The van der Waals surface area contributed by atoms with Crippen LogP contribution in [-0.2, 0) is 11.0 Å². The third-order valence-electron chi connectivity index (χ3n) is 2.29. The van der Waals surface area contributed by atoms with E-state index < -0.39 is 17.7 Å². The van der Waals surface area contributed by atoms with Crippen molar-refractivity contribution in [2.24, 2.45) is 0 Å². The Morgan fingerprint density at radius 1 is 1.39 bits per heavy atom. The van der Waals surface area contributed by atoms with Gasteiger partial charge in [0, 0.05) is 11.6 Å². The maximum atomic E-state index is 12.6. The number of halogens is 3. The first-order chi connectivity index (χ1) is 8.38. The van der Waals surface area contributed by atoms with Crippen LogP contribution in [0.2, 0.25) is 0 Å². The smallest absolute Gasteiger partial charge is 0.416 e. The van der Waals surface area contributed by atoms with E-state index in [-0.39, 0.29) is 11.1 Å². The van der Waals surface area contributed by atoms with Crippen molar-refractivity contribution < 1.29 is 23.1 Å². The molecule has 2 rings (SSSR count). The molecule has 7 heteroatoms. The van der Waals surface area contributed by atoms with E-state index in [2.05, 4.69) is 9.97 Å². The van der Waals surface area contributed by atoms with Gasteiger partial charge < -0.3 is 10.1 Å². The molecule has 0 aliphatic rings. The van der Waals surface area contributed by atoms with Crippen molar-refractivity contribution in [3.05, 3.63) is 35.7 Å². The van der Waals surface area contributed by atoms with Gasteiger partial charge in [-0.3, -0.25) is 0 Å². The average Bonchev–Trinajstić information content (AvgIpc) is 2.72. The number of aromatic amines is 1. The van der Waals surface area contributed by atoms with Gasteiger partial charge in [0.1, 0.15) is 0 Å². The van der Waals surface area contributed by atoms with Crippen LogP contribution in [-0.4, -0.2) is 21.0 Å². The minimum absolute atomic E-state index is 0.100. The molecule has 0 unspecified atom stereocenters. The van der Waals surface area contributed by atoms with Crippen LogP contribution in [0.4, 0.5) is 13.2 Å². The van der Waals surface area contributed by atoms with E-state index in [1.807, 2.05) is 0 Å². The van der Waals surface area contributed by atoms with Crippen LogP contribution in [0.15, 0.2) is 24.5 Å². The molecule has 94 valence electrons. The molecule has 1 aromatic heterocycles. The van der Waals surface area contributed by atoms with Gasteiger partial charge >= 0.3 is 12.1 Å². The lowest BCUT2D eigenvalue weighted by atomic mass is 10.1. The number of hydrogen-bond donors (Lipinski definition) is 2. The summed E-state index contributed by atoms with van der Waals surface area (Å²) >= 11 is 0. The zero-order chi connectivity index (χ0) is 13.3. The van der Waals surface area contributed by atoms with Gasteiger partial charge in [-0.1, -0.05) is 0 Å². The first-order valence-corrected chi connectivity index (χ1v) is 4.83. The molecule has 18 heavy (non-hydrogen) atoms. The molecule has 1 heterocycles. The topological polar surface area (TPSA) is 66.0 Å². The predicted octanol–water partition coefficient (Wildman–Crippen LogP) is 2.68. The molecule has 0 spiro atoms. The summed E-state index contributed by atoms with van der Waals surface area (Å²) in [4.78, 5) is 16.8. The highest BCUT2D eigenvalue weighted by atomic mass is 19.4. The lowest BCUT2D eigenvalue weighted by Gasteiger charge is -2.07. The number of fused-ring (bicyclic) bond motifs is 1. The molecule has 2 aromatic rings. The highest BCUT2D eigenvalue weighted by molar-refractivity contribution is 5.91. The minimum atomic E-state index is -4.49. The minimum Gasteiger partial charge on any atom is -0.478 e. The Labute approximate surface area is 98.8 Å². The summed E-state index contributed by atoms with van der Waals surface area (Å²) in [6.07, 6.45) is -1.39. The Morgan fingerprint density at radius 2 is 2.11 bits per heavy atom. The summed E-state index contributed by atoms with van der Waals surface area (Å²) < 4.78 is 37.9. The first kappa shape index (κ1) is 12.2. The van der Waals surface area contributed by atoms with E-state index in [9.17, 15) is 18.0 Å². The number of alkyl halides is 3. The Balaban J connectivity index is 2.62. The lowest BCUT2D eigenvalue weighted by molar-refractivity contribution is -0.137. The summed E-state index contributed by atoms with van der Waals surface area (Å²) in [7, 11) is 0. The molecule has 0 aliphatic heterocycles. The van der Waals surface area contributed by atoms with Crippen molar-refractivity contribution in [1.82, 2.24) is 9.97 Å². The van der Waals surface area contributed by atoms with Gasteiger partial charge in [0.15, 0.2) is 0 Å². The number of rotatable bonds is 2. The number of imidazole rings is 1. The zero-order valence-electron chi connectivity index (χ0n) is 8.82. The third-order valence-corrected chi connectivity index (χ3v) is 2.29. The quantitative estimate of drug-likeness (QED) is 0.812. The fourth-order valence-electron chi connectivity index (χ4n) is 1.53. The zero-order valence-corrected chi connectivity index (χ0v) is 8.82. The number of nitrogens with zero attached hydrogens (tertiary/aromatic N) is 1. The predicted molar refractivity (Wildman–Crippen MR) is 57.8 cm³/mol. The maximum absolute atomic E-state index is 12.6. The second-order valence-corrected chi connectivity index (χ2v) is 3.53. The van der Waals surface area contributed by atoms with E-state index in [0.29, 0.717) is 5.52 Å². The van der Waals surface area contributed by atoms with Crippen molar-refractivity contribution in [1.29, 1.82) is 0 Å². The van der Waals surface area contributed by atoms with Crippen LogP contribution in [0.5, 0.6) is 0 Å². The molecule has 0 radical (unpaired) electrons. The lowest BCUT2D eigenvalue weighted by Crippen LogP contribution is -2.05. The molecule has 0 bridgehead atoms. The number of hydrogen-bond acceptors (Lipinski definition) is 2. The highest BCUT2D eigenvalue weighted by Crippen LogP contribution is 2.32. The molecule has 4 nitrogen and oxygen atoms in total. The summed E-state index contributed by atoms with van der Waals surface area (Å²) in [5.41, 5.74) is -0.261. The molecule has 0 saturated carbocycles. The number of aliphatic carboxylic acids is 1. The van der Waals surface area contributed by atoms with E-state index >= 15 is 0 Å². The number of aromatic nitrogens is 2. The molecule has 0 amide bonds. The van der Waals surface area contributed by atoms with Crippen molar-refractivity contribution in [2.75, 3.05) is 0 Å². The maximum Gasteiger partial charge on any atom is 0.416 e. The third kappa shape index (κ3) is 2.34. The summed E-state index contributed by atoms with van der Waals surface area (Å²) in [6.45, 7) is 0. The monoisotopic (exact) mass is 256 g/mol. The van der Waals surface area contributed by atoms with Gasteiger partial charge in [-0.15, -0.1) is 0 Å². The normalized spacial score (nSPS) is 12.4. The molecular formula is C11H7F3N2O2. The largest absolute Gasteiger partial charge is 0.478 e. The molecule has 0 aliphatic carbocycles. The fraction of sp³-hybridized carbons (Fsp3) is 0.0909. The Hall–Kier alpha value is -2.31. The number of carbonyl (C=O) groups is 1. The number of carboxylic acid groups (broad SMARTS) is 1. The molecule has 1 aromatic carbocycles. The van der Waals surface area contributed by atoms with Crippen LogP contribution in [0.25, 0.3) is 17.1 Å². The van der Waals surface area contributed by atoms with Crippen LogP contribution >= 0.6 is 0 Å². The second kappa shape index (κ2) is 4.17. The van der Waals surface area contributed by atoms with Gasteiger partial charge in [0.2, 0.25) is 0 Å². The van der Waals surface area contributed by atoms with Crippen LogP contribution in [0, 0.1) is 0 Å². The van der Waals surface area contributed by atoms with Crippen molar-refractivity contribution in [2.45, 2.75) is 6.18 Å². The van der Waals surface area contributed by atoms with E-state index in [0.717, 1.165) is 24.3 Å². The van der Waals surface area contributed by atoms with E-state index in [4.69, 9.17) is 5.11 Å². The Kier molecular flexibility index (Phi) is 2.82. The van der Waals surface area contributed by atoms with E-state index in [1.165, 1.54) is 6.33 Å². The van der Waals surface area contributed by atoms with Gasteiger partial charge in [-0.2, -0.15) is 13.2 Å². The van der Waals surface area contributed by atoms with Gasteiger partial charge in [0.25, 0.3) is 0 Å². The van der Waals surface area contributed by atoms with Crippen molar-refractivity contribution in [3.63, 3.8) is 0 Å². The Morgan fingerprint density at radius 3 is 2.72 bits per heavy atom. The number of carboxylic acids is 1.